The van der Waals surface area contributed by atoms with Crippen molar-refractivity contribution in [3.05, 3.63) is 0 Å². The molecule has 1 aliphatic rings. The van der Waals surface area contributed by atoms with Gasteiger partial charge in [0.2, 0.25) is 5.91 Å². The molecular formula is C37H64N2O12. The van der Waals surface area contributed by atoms with Crippen LogP contribution in [0, 0.1) is 0 Å². The summed E-state index contributed by atoms with van der Waals surface area (Å²) in [5, 5.41) is 5.29. The van der Waals surface area contributed by atoms with Gasteiger partial charge in [-0.1, -0.05) is 96.8 Å². The van der Waals surface area contributed by atoms with Gasteiger partial charge in [0.1, 0.15) is 24.4 Å². The van der Waals surface area contributed by atoms with Crippen LogP contribution in [0.15, 0.2) is 0 Å². The maximum Gasteiger partial charge on any atom is 0.408 e. The minimum absolute atomic E-state index is 0.272. The van der Waals surface area contributed by atoms with Crippen LogP contribution in [0.1, 0.15) is 152 Å². The smallest absolute Gasteiger partial charge is 0.408 e. The van der Waals surface area contributed by atoms with Gasteiger partial charge in [-0.3, -0.25) is 24.0 Å². The number of ether oxygens (including phenoxy) is 6. The van der Waals surface area contributed by atoms with Crippen molar-refractivity contribution < 1.29 is 57.2 Å². The average molecular weight is 729 g/mol. The molecule has 2 amide bonds. The molecule has 1 rings (SSSR count). The van der Waals surface area contributed by atoms with Crippen LogP contribution in [0.3, 0.4) is 0 Å². The Bertz CT molecular complexity index is 1090. The van der Waals surface area contributed by atoms with Gasteiger partial charge in [-0.2, -0.15) is 0 Å². The third-order valence-corrected chi connectivity index (χ3v) is 8.13. The molecule has 51 heavy (non-hydrogen) atoms. The van der Waals surface area contributed by atoms with Crippen LogP contribution >= 0.6 is 0 Å². The zero-order valence-electron chi connectivity index (χ0n) is 32.2. The van der Waals surface area contributed by atoms with Crippen LogP contribution in [0.4, 0.5) is 4.79 Å². The second kappa shape index (κ2) is 24.7. The average Bonchev–Trinajstić information content (AvgIpc) is 3.00. The Balaban J connectivity index is 3.00. The van der Waals surface area contributed by atoms with E-state index in [2.05, 4.69) is 17.6 Å². The lowest BCUT2D eigenvalue weighted by Gasteiger charge is -2.44. The van der Waals surface area contributed by atoms with Crippen molar-refractivity contribution in [2.24, 2.45) is 0 Å². The molecule has 1 fully saturated rings. The van der Waals surface area contributed by atoms with Crippen LogP contribution in [0.25, 0.3) is 0 Å². The van der Waals surface area contributed by atoms with Gasteiger partial charge in [-0.25, -0.2) is 4.79 Å². The van der Waals surface area contributed by atoms with Crippen molar-refractivity contribution in [3.8, 4) is 0 Å². The third-order valence-electron chi connectivity index (χ3n) is 8.13. The number of hydrogen-bond acceptors (Lipinski definition) is 12. The van der Waals surface area contributed by atoms with E-state index in [0.717, 1.165) is 46.5 Å². The first kappa shape index (κ1) is 45.6. The first-order valence-electron chi connectivity index (χ1n) is 18.6. The van der Waals surface area contributed by atoms with Crippen molar-refractivity contribution in [2.45, 2.75) is 194 Å². The number of esters is 4. The number of amides is 2. The molecule has 0 aromatic heterocycles. The van der Waals surface area contributed by atoms with E-state index < -0.39 is 84.8 Å². The summed E-state index contributed by atoms with van der Waals surface area (Å²) in [6.07, 6.45) is 8.79. The SMILES string of the molecule is CCCCCCCCCCCCCCCC[C@H](NC(=O)OC(C)(C)C)C(=O)N[C@@H]1O[C@H](COC(C)=O)[C@@H](OC(C)=O)[C@H](OC(C)=O)[C@H]1OC(C)=O. The molecule has 0 spiro atoms. The zero-order chi connectivity index (χ0) is 38.4. The highest BCUT2D eigenvalue weighted by Gasteiger charge is 2.53. The van der Waals surface area contributed by atoms with Gasteiger partial charge < -0.3 is 39.1 Å². The van der Waals surface area contributed by atoms with Crippen molar-refractivity contribution >= 4 is 35.9 Å². The number of carbonyl (C=O) groups excluding carboxylic acids is 6. The predicted octanol–water partition coefficient (Wildman–Crippen LogP) is 5.95. The Kier molecular flexibility index (Phi) is 22.1. The highest BCUT2D eigenvalue weighted by atomic mass is 16.7. The van der Waals surface area contributed by atoms with Crippen LogP contribution in [0.2, 0.25) is 0 Å². The first-order chi connectivity index (χ1) is 24.0. The quantitative estimate of drug-likeness (QED) is 0.0718. The second-order valence-electron chi connectivity index (χ2n) is 14.2. The van der Waals surface area contributed by atoms with Gasteiger partial charge in [-0.05, 0) is 27.2 Å². The summed E-state index contributed by atoms with van der Waals surface area (Å²) in [6.45, 7) is 11.4. The highest BCUT2D eigenvalue weighted by molar-refractivity contribution is 5.86. The summed E-state index contributed by atoms with van der Waals surface area (Å²) in [5.41, 5.74) is -0.819. The number of alkyl carbamates (subject to hydrolysis) is 1. The van der Waals surface area contributed by atoms with Crippen LogP contribution < -0.4 is 10.6 Å². The lowest BCUT2D eigenvalue weighted by atomic mass is 9.96. The lowest BCUT2D eigenvalue weighted by Crippen LogP contribution is -2.67. The summed E-state index contributed by atoms with van der Waals surface area (Å²) in [6, 6.07) is -1.07. The first-order valence-corrected chi connectivity index (χ1v) is 18.6. The van der Waals surface area contributed by atoms with Crippen molar-refractivity contribution in [3.63, 3.8) is 0 Å². The number of carbonyl (C=O) groups is 6. The van der Waals surface area contributed by atoms with Gasteiger partial charge in [-0.15, -0.1) is 0 Å². The van der Waals surface area contributed by atoms with Gasteiger partial charge in [0, 0.05) is 27.7 Å². The topological polar surface area (TPSA) is 182 Å². The summed E-state index contributed by atoms with van der Waals surface area (Å²) in [7, 11) is 0. The Morgan fingerprint density at radius 2 is 1.08 bits per heavy atom. The van der Waals surface area contributed by atoms with E-state index in [1.165, 1.54) is 64.7 Å². The normalized spacial score (nSPS) is 20.7. The van der Waals surface area contributed by atoms with E-state index in [9.17, 15) is 28.8 Å². The molecule has 2 N–H and O–H groups in total. The minimum atomic E-state index is -1.48. The molecule has 0 aromatic carbocycles. The molecule has 14 nitrogen and oxygen atoms in total. The predicted molar refractivity (Wildman–Crippen MR) is 188 cm³/mol. The molecule has 0 bridgehead atoms. The molecule has 0 aliphatic carbocycles. The van der Waals surface area contributed by atoms with E-state index in [0.29, 0.717) is 6.42 Å². The standard InChI is InChI=1S/C37H64N2O12/c1-9-10-11-12-13-14-15-16-17-18-19-20-21-22-23-29(38-36(45)51-37(6,7)8)34(44)39-35-33(49-28(5)43)32(48-27(4)42)31(47-26(3)41)30(50-35)24-46-25(2)40/h29-33,35H,9-24H2,1-8H3,(H,38,45)(H,39,44)/t29-,30+,31+,32-,33+,35+/m0/s1. The number of hydrogen-bond donors (Lipinski definition) is 2. The molecule has 0 unspecified atom stereocenters. The number of rotatable bonds is 23. The van der Waals surface area contributed by atoms with Crippen LogP contribution in [0.5, 0.6) is 0 Å². The molecule has 1 heterocycles. The molecule has 0 radical (unpaired) electrons. The summed E-state index contributed by atoms with van der Waals surface area (Å²) >= 11 is 0. The van der Waals surface area contributed by atoms with E-state index in [1.54, 1.807) is 20.8 Å². The molecule has 0 aromatic rings. The van der Waals surface area contributed by atoms with Gasteiger partial charge in [0.15, 0.2) is 24.5 Å². The van der Waals surface area contributed by atoms with E-state index in [-0.39, 0.29) is 6.42 Å². The highest BCUT2D eigenvalue weighted by Crippen LogP contribution is 2.29. The number of unbranched alkanes of at least 4 members (excludes halogenated alkanes) is 13. The maximum atomic E-state index is 13.8. The molecule has 14 heteroatoms. The molecule has 1 saturated heterocycles. The van der Waals surface area contributed by atoms with E-state index in [1.807, 2.05) is 0 Å². The molecule has 1 aliphatic heterocycles. The van der Waals surface area contributed by atoms with Crippen molar-refractivity contribution in [1.82, 2.24) is 10.6 Å². The molecule has 294 valence electrons. The minimum Gasteiger partial charge on any atom is -0.463 e. The van der Waals surface area contributed by atoms with Gasteiger partial charge in [0.05, 0.1) is 0 Å². The second-order valence-corrected chi connectivity index (χ2v) is 14.2. The molecule has 0 saturated carbocycles. The van der Waals surface area contributed by atoms with Crippen LogP contribution in [-0.2, 0) is 52.4 Å². The third kappa shape index (κ3) is 20.9. The Labute approximate surface area is 304 Å². The van der Waals surface area contributed by atoms with Gasteiger partial charge >= 0.3 is 30.0 Å². The Hall–Kier alpha value is -3.42. The summed E-state index contributed by atoms with van der Waals surface area (Å²) in [5.74, 6) is -3.72. The van der Waals surface area contributed by atoms with Crippen molar-refractivity contribution in [2.75, 3.05) is 6.61 Å². The fourth-order valence-corrected chi connectivity index (χ4v) is 5.85. The Morgan fingerprint density at radius 1 is 0.627 bits per heavy atom. The molecular weight excluding hydrogens is 664 g/mol. The number of nitrogens with one attached hydrogen (secondary N) is 2. The largest absolute Gasteiger partial charge is 0.463 e. The van der Waals surface area contributed by atoms with Gasteiger partial charge in [0.25, 0.3) is 0 Å². The molecule has 6 atom stereocenters. The van der Waals surface area contributed by atoms with E-state index >= 15 is 0 Å². The zero-order valence-corrected chi connectivity index (χ0v) is 32.2. The fraction of sp³-hybridized carbons (Fsp3) is 0.838. The summed E-state index contributed by atoms with van der Waals surface area (Å²) < 4.78 is 32.8. The maximum absolute atomic E-state index is 13.8. The Morgan fingerprint density at radius 3 is 1.53 bits per heavy atom. The monoisotopic (exact) mass is 728 g/mol. The van der Waals surface area contributed by atoms with Crippen molar-refractivity contribution in [1.29, 1.82) is 0 Å². The summed E-state index contributed by atoms with van der Waals surface area (Å²) in [4.78, 5) is 74.6. The van der Waals surface area contributed by atoms with E-state index in [4.69, 9.17) is 28.4 Å². The van der Waals surface area contributed by atoms with Crippen LogP contribution in [-0.4, -0.2) is 84.8 Å². The lowest BCUT2D eigenvalue weighted by molar-refractivity contribution is -0.257. The fourth-order valence-electron chi connectivity index (χ4n) is 5.85.